The molecule has 72 valence electrons. The molecule has 14 heavy (non-hydrogen) atoms. The molecule has 0 fully saturated rings. The van der Waals surface area contributed by atoms with Crippen LogP contribution in [0.15, 0.2) is 28.1 Å². The largest absolute Gasteiger partial charge is 0.332 e. The lowest BCUT2D eigenvalue weighted by Gasteiger charge is -1.99. The van der Waals surface area contributed by atoms with Gasteiger partial charge in [-0.3, -0.25) is 9.55 Å². The van der Waals surface area contributed by atoms with Crippen LogP contribution in [-0.2, 0) is 0 Å². The fraction of sp³-hybridized carbons (Fsp3) is 0.111. The van der Waals surface area contributed by atoms with Gasteiger partial charge in [0.15, 0.2) is 5.65 Å². The standard InChI is InChI=1S/C9H8BrN3O/c1-5(2)13-7-3-6(10)4-11-8(7)12-9(13)14/h3-4H,1H2,2H3,(H,11,12,14). The Morgan fingerprint density at radius 1 is 1.71 bits per heavy atom. The molecule has 0 saturated heterocycles. The van der Waals surface area contributed by atoms with Gasteiger partial charge in [-0.25, -0.2) is 9.78 Å². The number of pyridine rings is 1. The third kappa shape index (κ3) is 1.29. The van der Waals surface area contributed by atoms with Gasteiger partial charge in [-0.1, -0.05) is 6.58 Å². The Balaban J connectivity index is 2.93. The molecule has 2 rings (SSSR count). The number of nitrogens with one attached hydrogen (secondary N) is 1. The van der Waals surface area contributed by atoms with Crippen molar-refractivity contribution in [3.8, 4) is 0 Å². The number of aromatic nitrogens is 3. The molecule has 4 nitrogen and oxygen atoms in total. The molecule has 0 bridgehead atoms. The number of hydrogen-bond acceptors (Lipinski definition) is 2. The van der Waals surface area contributed by atoms with E-state index in [4.69, 9.17) is 0 Å². The molecule has 2 aromatic heterocycles. The van der Waals surface area contributed by atoms with Gasteiger partial charge in [0.1, 0.15) is 0 Å². The molecule has 0 aliphatic carbocycles. The molecular formula is C9H8BrN3O. The van der Waals surface area contributed by atoms with Crippen LogP contribution in [0, 0.1) is 0 Å². The quantitative estimate of drug-likeness (QED) is 0.845. The highest BCUT2D eigenvalue weighted by atomic mass is 79.9. The molecule has 0 aromatic carbocycles. The Labute approximate surface area is 88.4 Å². The van der Waals surface area contributed by atoms with E-state index < -0.39 is 0 Å². The molecule has 5 heteroatoms. The Bertz CT molecular complexity index is 567. The number of hydrogen-bond donors (Lipinski definition) is 1. The van der Waals surface area contributed by atoms with Crippen molar-refractivity contribution in [2.24, 2.45) is 0 Å². The fourth-order valence-electron chi connectivity index (χ4n) is 1.34. The van der Waals surface area contributed by atoms with Crippen LogP contribution in [0.25, 0.3) is 16.9 Å². The number of fused-ring (bicyclic) bond motifs is 1. The van der Waals surface area contributed by atoms with Crippen molar-refractivity contribution in [3.05, 3.63) is 33.8 Å². The first-order chi connectivity index (χ1) is 6.59. The van der Waals surface area contributed by atoms with E-state index in [-0.39, 0.29) is 5.69 Å². The maximum Gasteiger partial charge on any atom is 0.332 e. The second-order valence-corrected chi connectivity index (χ2v) is 3.94. The van der Waals surface area contributed by atoms with Crippen LogP contribution < -0.4 is 5.69 Å². The van der Waals surface area contributed by atoms with Crippen LogP contribution in [0.1, 0.15) is 6.92 Å². The van der Waals surface area contributed by atoms with Crippen LogP contribution >= 0.6 is 15.9 Å². The number of imidazole rings is 1. The maximum atomic E-state index is 11.5. The van der Waals surface area contributed by atoms with Gasteiger partial charge in [-0.2, -0.15) is 0 Å². The van der Waals surface area contributed by atoms with Gasteiger partial charge in [-0.05, 0) is 28.9 Å². The minimum absolute atomic E-state index is 0.210. The first kappa shape index (κ1) is 9.21. The second-order valence-electron chi connectivity index (χ2n) is 3.02. The molecule has 0 saturated carbocycles. The molecule has 0 unspecified atom stereocenters. The number of H-pyrrole nitrogens is 1. The third-order valence-corrected chi connectivity index (χ3v) is 2.32. The highest BCUT2D eigenvalue weighted by molar-refractivity contribution is 9.10. The summed E-state index contributed by atoms with van der Waals surface area (Å²) >= 11 is 3.30. The first-order valence-electron chi connectivity index (χ1n) is 4.02. The van der Waals surface area contributed by atoms with Crippen LogP contribution in [0.3, 0.4) is 0 Å². The summed E-state index contributed by atoms with van der Waals surface area (Å²) in [5.74, 6) is 0. The summed E-state index contributed by atoms with van der Waals surface area (Å²) in [5, 5.41) is 0. The van der Waals surface area contributed by atoms with Gasteiger partial charge >= 0.3 is 5.69 Å². The Morgan fingerprint density at radius 3 is 3.07 bits per heavy atom. The number of rotatable bonds is 1. The van der Waals surface area contributed by atoms with E-state index in [2.05, 4.69) is 32.5 Å². The van der Waals surface area contributed by atoms with E-state index in [1.807, 2.05) is 6.07 Å². The highest BCUT2D eigenvalue weighted by Crippen LogP contribution is 2.16. The van der Waals surface area contributed by atoms with Crippen molar-refractivity contribution in [3.63, 3.8) is 0 Å². The van der Waals surface area contributed by atoms with Crippen molar-refractivity contribution in [2.45, 2.75) is 6.92 Å². The molecule has 0 atom stereocenters. The minimum Gasteiger partial charge on any atom is -0.290 e. The fourth-order valence-corrected chi connectivity index (χ4v) is 1.66. The predicted octanol–water partition coefficient (Wildman–Crippen LogP) is 1.98. The van der Waals surface area contributed by atoms with E-state index in [1.165, 1.54) is 4.57 Å². The van der Waals surface area contributed by atoms with E-state index in [0.29, 0.717) is 11.3 Å². The van der Waals surface area contributed by atoms with Crippen molar-refractivity contribution < 1.29 is 0 Å². The Kier molecular flexibility index (Phi) is 2.03. The number of halogens is 1. The van der Waals surface area contributed by atoms with Crippen molar-refractivity contribution >= 4 is 32.8 Å². The SMILES string of the molecule is C=C(C)n1c(=O)[nH]c2ncc(Br)cc21. The summed E-state index contributed by atoms with van der Waals surface area (Å²) in [5.41, 5.74) is 1.76. The summed E-state index contributed by atoms with van der Waals surface area (Å²) in [6.07, 6.45) is 1.64. The van der Waals surface area contributed by atoms with Gasteiger partial charge in [0.2, 0.25) is 0 Å². The van der Waals surface area contributed by atoms with Gasteiger partial charge in [-0.15, -0.1) is 0 Å². The van der Waals surface area contributed by atoms with Gasteiger partial charge < -0.3 is 0 Å². The average Bonchev–Trinajstić information content (AvgIpc) is 2.40. The summed E-state index contributed by atoms with van der Waals surface area (Å²) in [6.45, 7) is 5.51. The van der Waals surface area contributed by atoms with Crippen LogP contribution in [-0.4, -0.2) is 14.5 Å². The molecule has 2 aromatic rings. The van der Waals surface area contributed by atoms with E-state index in [0.717, 1.165) is 9.99 Å². The van der Waals surface area contributed by atoms with Crippen LogP contribution in [0.4, 0.5) is 0 Å². The molecule has 0 radical (unpaired) electrons. The summed E-state index contributed by atoms with van der Waals surface area (Å²) in [4.78, 5) is 18.2. The summed E-state index contributed by atoms with van der Waals surface area (Å²) < 4.78 is 2.33. The van der Waals surface area contributed by atoms with Crippen molar-refractivity contribution in [1.82, 2.24) is 14.5 Å². The number of allylic oxidation sites excluding steroid dienone is 1. The van der Waals surface area contributed by atoms with E-state index in [1.54, 1.807) is 13.1 Å². The van der Waals surface area contributed by atoms with E-state index in [9.17, 15) is 4.79 Å². The lowest BCUT2D eigenvalue weighted by molar-refractivity contribution is 1.03. The lowest BCUT2D eigenvalue weighted by Crippen LogP contribution is -2.13. The smallest absolute Gasteiger partial charge is 0.290 e. The van der Waals surface area contributed by atoms with Crippen molar-refractivity contribution in [1.29, 1.82) is 0 Å². The maximum absolute atomic E-state index is 11.5. The van der Waals surface area contributed by atoms with Crippen LogP contribution in [0.5, 0.6) is 0 Å². The van der Waals surface area contributed by atoms with E-state index >= 15 is 0 Å². The molecular weight excluding hydrogens is 246 g/mol. The van der Waals surface area contributed by atoms with Crippen molar-refractivity contribution in [2.75, 3.05) is 0 Å². The third-order valence-electron chi connectivity index (χ3n) is 1.89. The molecule has 0 aliphatic heterocycles. The molecule has 2 heterocycles. The minimum atomic E-state index is -0.210. The zero-order chi connectivity index (χ0) is 10.3. The highest BCUT2D eigenvalue weighted by Gasteiger charge is 2.07. The summed E-state index contributed by atoms with van der Waals surface area (Å²) in [6, 6.07) is 1.83. The Morgan fingerprint density at radius 2 is 2.43 bits per heavy atom. The molecule has 0 spiro atoms. The van der Waals surface area contributed by atoms with Gasteiger partial charge in [0, 0.05) is 16.4 Å². The number of aromatic amines is 1. The zero-order valence-corrected chi connectivity index (χ0v) is 9.13. The first-order valence-corrected chi connectivity index (χ1v) is 4.81. The summed E-state index contributed by atoms with van der Waals surface area (Å²) in [7, 11) is 0. The molecule has 0 amide bonds. The number of nitrogens with zero attached hydrogens (tertiary/aromatic N) is 2. The topological polar surface area (TPSA) is 50.7 Å². The normalized spacial score (nSPS) is 10.7. The second kappa shape index (κ2) is 3.09. The van der Waals surface area contributed by atoms with Gasteiger partial charge in [0.25, 0.3) is 0 Å². The molecule has 1 N–H and O–H groups in total. The average molecular weight is 254 g/mol. The van der Waals surface area contributed by atoms with Gasteiger partial charge in [0.05, 0.1) is 5.52 Å². The monoisotopic (exact) mass is 253 g/mol. The van der Waals surface area contributed by atoms with Crippen LogP contribution in [0.2, 0.25) is 0 Å². The molecule has 0 aliphatic rings. The lowest BCUT2D eigenvalue weighted by atomic mass is 10.4. The predicted molar refractivity (Wildman–Crippen MR) is 59.1 cm³/mol. The zero-order valence-electron chi connectivity index (χ0n) is 7.54. The Hall–Kier alpha value is -1.36.